The minimum absolute atomic E-state index is 0.0318. The van der Waals surface area contributed by atoms with Crippen molar-refractivity contribution in [1.82, 2.24) is 9.88 Å². The van der Waals surface area contributed by atoms with Gasteiger partial charge in [-0.2, -0.15) is 0 Å². The third kappa shape index (κ3) is 2.53. The lowest BCUT2D eigenvalue weighted by Gasteiger charge is -2.30. The molecule has 1 aromatic carbocycles. The summed E-state index contributed by atoms with van der Waals surface area (Å²) in [5.74, 6) is 1.19. The van der Waals surface area contributed by atoms with E-state index in [2.05, 4.69) is 5.32 Å². The summed E-state index contributed by atoms with van der Waals surface area (Å²) in [6.07, 6.45) is 5.12. The van der Waals surface area contributed by atoms with Gasteiger partial charge in [-0.05, 0) is 43.2 Å². The zero-order chi connectivity index (χ0) is 16.7. The van der Waals surface area contributed by atoms with Gasteiger partial charge in [0.25, 0.3) is 0 Å². The Labute approximate surface area is 140 Å². The molecule has 2 fully saturated rings. The maximum absolute atomic E-state index is 12.5. The number of pyridine rings is 1. The van der Waals surface area contributed by atoms with Gasteiger partial charge in [-0.1, -0.05) is 12.1 Å². The van der Waals surface area contributed by atoms with E-state index < -0.39 is 0 Å². The number of aliphatic hydroxyl groups is 1. The fourth-order valence-corrected chi connectivity index (χ4v) is 4.68. The summed E-state index contributed by atoms with van der Waals surface area (Å²) in [6, 6.07) is 8.93. The van der Waals surface area contributed by atoms with Crippen LogP contribution in [0.4, 0.5) is 0 Å². The molecule has 0 spiro atoms. The van der Waals surface area contributed by atoms with Crippen LogP contribution in [0, 0.1) is 17.8 Å². The molecule has 4 unspecified atom stereocenters. The van der Waals surface area contributed by atoms with Gasteiger partial charge in [0.1, 0.15) is 6.54 Å². The Bertz CT molecular complexity index is 829. The number of nitrogens with one attached hydrogen (secondary N) is 1. The molecule has 4 atom stereocenters. The van der Waals surface area contributed by atoms with Crippen LogP contribution in [-0.4, -0.2) is 28.2 Å². The van der Waals surface area contributed by atoms with Crippen molar-refractivity contribution in [2.24, 2.45) is 17.8 Å². The molecule has 2 N–H and O–H groups in total. The minimum Gasteiger partial charge on any atom is -0.396 e. The number of para-hydroxylation sites is 1. The second-order valence-electron chi connectivity index (χ2n) is 7.10. The van der Waals surface area contributed by atoms with Crippen LogP contribution in [-0.2, 0) is 11.3 Å². The van der Waals surface area contributed by atoms with Gasteiger partial charge in [-0.3, -0.25) is 9.59 Å². The second kappa shape index (κ2) is 6.06. The Morgan fingerprint density at radius 2 is 2.00 bits per heavy atom. The maximum Gasteiger partial charge on any atom is 0.240 e. The molecule has 1 heterocycles. The lowest BCUT2D eigenvalue weighted by Crippen LogP contribution is -2.46. The summed E-state index contributed by atoms with van der Waals surface area (Å²) in [5, 5.41) is 13.4. The average molecular weight is 326 g/mol. The lowest BCUT2D eigenvalue weighted by molar-refractivity contribution is -0.123. The van der Waals surface area contributed by atoms with Crippen molar-refractivity contribution in [2.45, 2.75) is 31.8 Å². The molecular formula is C19H22N2O3. The lowest BCUT2D eigenvalue weighted by atomic mass is 9.85. The van der Waals surface area contributed by atoms with E-state index in [-0.39, 0.29) is 36.4 Å². The molecule has 0 aliphatic heterocycles. The van der Waals surface area contributed by atoms with Crippen LogP contribution < -0.4 is 10.7 Å². The molecule has 0 radical (unpaired) electrons. The Balaban J connectivity index is 1.53. The van der Waals surface area contributed by atoms with E-state index in [1.165, 1.54) is 12.5 Å². The summed E-state index contributed by atoms with van der Waals surface area (Å²) >= 11 is 0. The third-order valence-electron chi connectivity index (χ3n) is 5.83. The smallest absolute Gasteiger partial charge is 0.240 e. The molecule has 2 saturated carbocycles. The summed E-state index contributed by atoms with van der Waals surface area (Å²) in [6.45, 7) is 0.333. The standard InChI is InChI=1S/C19H22N2O3/c22-11-15-12-5-6-13(9-12)19(15)20-18(24)10-21-8-7-17(23)14-3-1-2-4-16(14)21/h1-4,7-8,12-13,15,19,22H,5-6,9-11H2,(H,20,24). The van der Waals surface area contributed by atoms with Crippen LogP contribution in [0.1, 0.15) is 19.3 Å². The molecule has 24 heavy (non-hydrogen) atoms. The molecule has 126 valence electrons. The van der Waals surface area contributed by atoms with Crippen molar-refractivity contribution in [3.05, 3.63) is 46.8 Å². The molecule has 1 aromatic heterocycles. The van der Waals surface area contributed by atoms with E-state index in [9.17, 15) is 14.7 Å². The van der Waals surface area contributed by atoms with Crippen molar-refractivity contribution in [3.63, 3.8) is 0 Å². The molecule has 5 nitrogen and oxygen atoms in total. The Morgan fingerprint density at radius 3 is 2.83 bits per heavy atom. The van der Waals surface area contributed by atoms with Gasteiger partial charge in [0.15, 0.2) is 5.43 Å². The van der Waals surface area contributed by atoms with Crippen molar-refractivity contribution < 1.29 is 9.90 Å². The number of nitrogens with zero attached hydrogens (tertiary/aromatic N) is 1. The molecule has 0 saturated heterocycles. The zero-order valence-electron chi connectivity index (χ0n) is 13.5. The number of benzene rings is 1. The van der Waals surface area contributed by atoms with Gasteiger partial charge in [0, 0.05) is 36.2 Å². The number of hydrogen-bond acceptors (Lipinski definition) is 3. The van der Waals surface area contributed by atoms with Gasteiger partial charge in [0.2, 0.25) is 5.91 Å². The number of hydrogen-bond donors (Lipinski definition) is 2. The topological polar surface area (TPSA) is 71.3 Å². The highest BCUT2D eigenvalue weighted by Gasteiger charge is 2.47. The first-order valence-corrected chi connectivity index (χ1v) is 8.66. The van der Waals surface area contributed by atoms with Crippen LogP contribution in [0.2, 0.25) is 0 Å². The normalized spacial score (nSPS) is 28.4. The van der Waals surface area contributed by atoms with E-state index in [0.717, 1.165) is 18.4 Å². The van der Waals surface area contributed by atoms with Crippen molar-refractivity contribution in [1.29, 1.82) is 0 Å². The van der Waals surface area contributed by atoms with E-state index >= 15 is 0 Å². The van der Waals surface area contributed by atoms with Crippen molar-refractivity contribution in [3.8, 4) is 0 Å². The minimum atomic E-state index is -0.0557. The number of aliphatic hydroxyl groups excluding tert-OH is 1. The highest BCUT2D eigenvalue weighted by molar-refractivity contribution is 5.82. The van der Waals surface area contributed by atoms with E-state index in [1.807, 2.05) is 22.8 Å². The van der Waals surface area contributed by atoms with Crippen LogP contribution in [0.15, 0.2) is 41.3 Å². The van der Waals surface area contributed by atoms with Crippen LogP contribution in [0.3, 0.4) is 0 Å². The van der Waals surface area contributed by atoms with Gasteiger partial charge in [0.05, 0.1) is 5.52 Å². The molecule has 2 aliphatic carbocycles. The number of carbonyl (C=O) groups excluding carboxylic acids is 1. The van der Waals surface area contributed by atoms with Crippen LogP contribution in [0.5, 0.6) is 0 Å². The highest BCUT2D eigenvalue weighted by Crippen LogP contribution is 2.48. The third-order valence-corrected chi connectivity index (χ3v) is 5.83. The quantitative estimate of drug-likeness (QED) is 0.895. The molecule has 1 amide bonds. The first kappa shape index (κ1) is 15.4. The number of aromatic nitrogens is 1. The van der Waals surface area contributed by atoms with Crippen LogP contribution in [0.25, 0.3) is 10.9 Å². The molecule has 2 bridgehead atoms. The predicted molar refractivity (Wildman–Crippen MR) is 91.5 cm³/mol. The average Bonchev–Trinajstić information content (AvgIpc) is 3.19. The Kier molecular flexibility index (Phi) is 3.88. The number of fused-ring (bicyclic) bond motifs is 3. The fraction of sp³-hybridized carbons (Fsp3) is 0.474. The predicted octanol–water partition coefficient (Wildman–Crippen LogP) is 1.52. The van der Waals surface area contributed by atoms with Crippen LogP contribution >= 0.6 is 0 Å². The highest BCUT2D eigenvalue weighted by atomic mass is 16.3. The van der Waals surface area contributed by atoms with Gasteiger partial charge < -0.3 is 15.0 Å². The zero-order valence-corrected chi connectivity index (χ0v) is 13.5. The van der Waals surface area contributed by atoms with Crippen molar-refractivity contribution >= 4 is 16.8 Å². The number of amides is 1. The summed E-state index contributed by atoms with van der Waals surface area (Å²) in [4.78, 5) is 24.5. The number of rotatable bonds is 4. The van der Waals surface area contributed by atoms with E-state index in [4.69, 9.17) is 0 Å². The fourth-order valence-electron chi connectivity index (χ4n) is 4.68. The molecule has 5 heteroatoms. The summed E-state index contributed by atoms with van der Waals surface area (Å²) < 4.78 is 1.81. The molecule has 4 rings (SSSR count). The monoisotopic (exact) mass is 326 g/mol. The molecule has 2 aliphatic rings. The van der Waals surface area contributed by atoms with Crippen molar-refractivity contribution in [2.75, 3.05) is 6.61 Å². The maximum atomic E-state index is 12.5. The molecular weight excluding hydrogens is 304 g/mol. The second-order valence-corrected chi connectivity index (χ2v) is 7.10. The Morgan fingerprint density at radius 1 is 1.21 bits per heavy atom. The first-order valence-electron chi connectivity index (χ1n) is 8.66. The van der Waals surface area contributed by atoms with E-state index in [0.29, 0.717) is 17.2 Å². The van der Waals surface area contributed by atoms with Gasteiger partial charge >= 0.3 is 0 Å². The summed E-state index contributed by atoms with van der Waals surface area (Å²) in [7, 11) is 0. The van der Waals surface area contributed by atoms with Gasteiger partial charge in [-0.15, -0.1) is 0 Å². The summed E-state index contributed by atoms with van der Waals surface area (Å²) in [5.41, 5.74) is 0.738. The number of carbonyl (C=O) groups is 1. The van der Waals surface area contributed by atoms with Gasteiger partial charge in [-0.25, -0.2) is 0 Å². The molecule has 2 aromatic rings. The Hall–Kier alpha value is -2.14. The SMILES string of the molecule is O=C(Cn1ccc(=O)c2ccccc21)NC1C2CCC(C2)C1CO. The largest absolute Gasteiger partial charge is 0.396 e. The van der Waals surface area contributed by atoms with E-state index in [1.54, 1.807) is 12.3 Å². The first-order chi connectivity index (χ1) is 11.7.